The van der Waals surface area contributed by atoms with Crippen molar-refractivity contribution in [3.05, 3.63) is 58.9 Å². The summed E-state index contributed by atoms with van der Waals surface area (Å²) in [5.74, 6) is 0.842. The highest BCUT2D eigenvalue weighted by Crippen LogP contribution is 2.35. The molecule has 3 aromatic rings. The van der Waals surface area contributed by atoms with Crippen molar-refractivity contribution in [2.75, 3.05) is 23.8 Å². The van der Waals surface area contributed by atoms with Gasteiger partial charge in [0.05, 0.1) is 19.1 Å². The summed E-state index contributed by atoms with van der Waals surface area (Å²) < 4.78 is 13.1. The summed E-state index contributed by atoms with van der Waals surface area (Å²) in [6.45, 7) is 3.94. The van der Waals surface area contributed by atoms with E-state index in [1.807, 2.05) is 26.0 Å². The summed E-state index contributed by atoms with van der Waals surface area (Å²) in [5, 5.41) is 10.2. The van der Waals surface area contributed by atoms with Gasteiger partial charge in [0.15, 0.2) is 18.1 Å². The van der Waals surface area contributed by atoms with Crippen molar-refractivity contribution < 1.29 is 19.1 Å². The Bertz CT molecular complexity index is 1160. The molecule has 10 heteroatoms. The Labute approximate surface area is 189 Å². The molecule has 0 saturated carbocycles. The number of halogens is 1. The number of aryl methyl sites for hydroxylation is 1. The van der Waals surface area contributed by atoms with E-state index in [9.17, 15) is 9.59 Å². The van der Waals surface area contributed by atoms with Crippen molar-refractivity contribution >= 4 is 35.1 Å². The number of ether oxygens (including phenoxy) is 2. The molecule has 1 atom stereocenters. The first kappa shape index (κ1) is 21.6. The van der Waals surface area contributed by atoms with Gasteiger partial charge in [-0.3, -0.25) is 14.9 Å². The molecule has 1 aromatic heterocycles. The lowest BCUT2D eigenvalue weighted by molar-refractivity contribution is -0.118. The van der Waals surface area contributed by atoms with E-state index in [2.05, 4.69) is 20.7 Å². The number of benzene rings is 2. The van der Waals surface area contributed by atoms with E-state index in [1.54, 1.807) is 28.9 Å². The molecule has 0 spiro atoms. The monoisotopic (exact) mass is 455 g/mol. The Hall–Kier alpha value is -3.59. The fourth-order valence-corrected chi connectivity index (χ4v) is 3.61. The standard InChI is InChI=1S/C22H22ClN5O4/c1-3-31-19-8-14(17-10-20(29)27-22-24-12-25-28(17)22)5-7-18(19)32-11-21(30)26-16-9-15(23)6-4-13(16)2/h4-9,12,17H,3,10-11H2,1-2H3,(H,26,30)(H,24,25,27,29)/t17-/m0/s1. The van der Waals surface area contributed by atoms with E-state index in [0.717, 1.165) is 11.1 Å². The number of hydrogen-bond donors (Lipinski definition) is 2. The first-order valence-corrected chi connectivity index (χ1v) is 10.5. The predicted molar refractivity (Wildman–Crippen MR) is 119 cm³/mol. The van der Waals surface area contributed by atoms with Gasteiger partial charge in [-0.05, 0) is 49.2 Å². The van der Waals surface area contributed by atoms with Crippen molar-refractivity contribution in [1.82, 2.24) is 14.8 Å². The summed E-state index contributed by atoms with van der Waals surface area (Å²) in [6.07, 6.45) is 1.62. The molecule has 2 N–H and O–H groups in total. The number of anilines is 2. The van der Waals surface area contributed by atoms with Crippen LogP contribution in [-0.4, -0.2) is 39.8 Å². The van der Waals surface area contributed by atoms with Crippen LogP contribution in [0.15, 0.2) is 42.7 Å². The molecule has 2 amide bonds. The third-order valence-electron chi connectivity index (χ3n) is 4.98. The highest BCUT2D eigenvalue weighted by atomic mass is 35.5. The summed E-state index contributed by atoms with van der Waals surface area (Å²) in [6, 6.07) is 10.3. The second-order valence-corrected chi connectivity index (χ2v) is 7.67. The van der Waals surface area contributed by atoms with Crippen LogP contribution in [0.4, 0.5) is 11.6 Å². The summed E-state index contributed by atoms with van der Waals surface area (Å²) in [4.78, 5) is 28.5. The van der Waals surface area contributed by atoms with Crippen LogP contribution in [-0.2, 0) is 9.59 Å². The van der Waals surface area contributed by atoms with Crippen LogP contribution in [0.5, 0.6) is 11.5 Å². The molecule has 0 unspecified atom stereocenters. The molecule has 1 aliphatic heterocycles. The Morgan fingerprint density at radius 3 is 2.91 bits per heavy atom. The Morgan fingerprint density at radius 1 is 1.25 bits per heavy atom. The third kappa shape index (κ3) is 4.67. The van der Waals surface area contributed by atoms with Crippen LogP contribution in [0.3, 0.4) is 0 Å². The molecule has 1 aliphatic rings. The fraction of sp³-hybridized carbons (Fsp3) is 0.273. The van der Waals surface area contributed by atoms with E-state index in [4.69, 9.17) is 21.1 Å². The molecule has 166 valence electrons. The molecule has 0 bridgehead atoms. The van der Waals surface area contributed by atoms with Crippen LogP contribution in [0.25, 0.3) is 0 Å². The zero-order chi connectivity index (χ0) is 22.7. The molecule has 0 saturated heterocycles. The number of fused-ring (bicyclic) bond motifs is 1. The first-order chi connectivity index (χ1) is 15.4. The quantitative estimate of drug-likeness (QED) is 0.563. The van der Waals surface area contributed by atoms with E-state index >= 15 is 0 Å². The number of amides is 2. The molecular weight excluding hydrogens is 434 g/mol. The smallest absolute Gasteiger partial charge is 0.262 e. The zero-order valence-corrected chi connectivity index (χ0v) is 18.3. The lowest BCUT2D eigenvalue weighted by atomic mass is 10.0. The maximum Gasteiger partial charge on any atom is 0.262 e. The molecule has 0 aliphatic carbocycles. The normalized spacial score (nSPS) is 15.0. The van der Waals surface area contributed by atoms with Crippen LogP contribution in [0, 0.1) is 6.92 Å². The topological polar surface area (TPSA) is 107 Å². The average molecular weight is 456 g/mol. The van der Waals surface area contributed by atoms with Crippen LogP contribution >= 0.6 is 11.6 Å². The van der Waals surface area contributed by atoms with Crippen LogP contribution in [0.2, 0.25) is 5.02 Å². The highest BCUT2D eigenvalue weighted by Gasteiger charge is 2.28. The molecular formula is C22H22ClN5O4. The van der Waals surface area contributed by atoms with Gasteiger partial charge in [-0.1, -0.05) is 23.7 Å². The average Bonchev–Trinajstić information content (AvgIpc) is 3.23. The van der Waals surface area contributed by atoms with Gasteiger partial charge in [0.2, 0.25) is 11.9 Å². The lowest BCUT2D eigenvalue weighted by Gasteiger charge is -2.24. The summed E-state index contributed by atoms with van der Waals surface area (Å²) in [5.41, 5.74) is 2.35. The molecule has 0 radical (unpaired) electrons. The zero-order valence-electron chi connectivity index (χ0n) is 17.6. The fourth-order valence-electron chi connectivity index (χ4n) is 3.44. The number of aromatic nitrogens is 3. The van der Waals surface area contributed by atoms with Gasteiger partial charge in [-0.15, -0.1) is 0 Å². The Morgan fingerprint density at radius 2 is 2.09 bits per heavy atom. The van der Waals surface area contributed by atoms with Crippen molar-refractivity contribution in [2.45, 2.75) is 26.3 Å². The van der Waals surface area contributed by atoms with E-state index in [0.29, 0.717) is 34.8 Å². The van der Waals surface area contributed by atoms with Gasteiger partial charge in [-0.25, -0.2) is 4.68 Å². The first-order valence-electron chi connectivity index (χ1n) is 10.1. The van der Waals surface area contributed by atoms with Gasteiger partial charge in [0.25, 0.3) is 5.91 Å². The lowest BCUT2D eigenvalue weighted by Crippen LogP contribution is -2.29. The number of rotatable bonds is 7. The maximum atomic E-state index is 12.4. The second kappa shape index (κ2) is 9.27. The van der Waals surface area contributed by atoms with E-state index in [-0.39, 0.29) is 30.9 Å². The molecule has 0 fully saturated rings. The van der Waals surface area contributed by atoms with Gasteiger partial charge in [0.1, 0.15) is 6.33 Å². The van der Waals surface area contributed by atoms with E-state index in [1.165, 1.54) is 6.33 Å². The van der Waals surface area contributed by atoms with Crippen molar-refractivity contribution in [1.29, 1.82) is 0 Å². The minimum Gasteiger partial charge on any atom is -0.490 e. The Balaban J connectivity index is 1.50. The molecule has 2 aromatic carbocycles. The maximum absolute atomic E-state index is 12.4. The predicted octanol–water partition coefficient (Wildman–Crippen LogP) is 3.59. The summed E-state index contributed by atoms with van der Waals surface area (Å²) in [7, 11) is 0. The minimum atomic E-state index is -0.321. The number of nitrogens with one attached hydrogen (secondary N) is 2. The van der Waals surface area contributed by atoms with Crippen molar-refractivity contribution in [3.63, 3.8) is 0 Å². The van der Waals surface area contributed by atoms with Crippen LogP contribution in [0.1, 0.15) is 30.5 Å². The SMILES string of the molecule is CCOc1cc([C@@H]2CC(=O)Nc3ncnn32)ccc1OCC(=O)Nc1cc(Cl)ccc1C. The van der Waals surface area contributed by atoms with E-state index < -0.39 is 0 Å². The largest absolute Gasteiger partial charge is 0.490 e. The number of hydrogen-bond acceptors (Lipinski definition) is 6. The molecule has 9 nitrogen and oxygen atoms in total. The third-order valence-corrected chi connectivity index (χ3v) is 5.22. The van der Waals surface area contributed by atoms with Crippen LogP contribution < -0.4 is 20.1 Å². The van der Waals surface area contributed by atoms with Gasteiger partial charge >= 0.3 is 0 Å². The van der Waals surface area contributed by atoms with Gasteiger partial charge in [0, 0.05) is 10.7 Å². The van der Waals surface area contributed by atoms with Gasteiger partial charge in [-0.2, -0.15) is 10.1 Å². The van der Waals surface area contributed by atoms with Crippen molar-refractivity contribution in [2.24, 2.45) is 0 Å². The molecule has 32 heavy (non-hydrogen) atoms. The second-order valence-electron chi connectivity index (χ2n) is 7.23. The minimum absolute atomic E-state index is 0.137. The summed E-state index contributed by atoms with van der Waals surface area (Å²) >= 11 is 6.01. The van der Waals surface area contributed by atoms with Crippen molar-refractivity contribution in [3.8, 4) is 11.5 Å². The van der Waals surface area contributed by atoms with Gasteiger partial charge < -0.3 is 14.8 Å². The number of carbonyl (C=O) groups is 2. The molecule has 4 rings (SSSR count). The highest BCUT2D eigenvalue weighted by molar-refractivity contribution is 6.31. The number of nitrogens with zero attached hydrogens (tertiary/aromatic N) is 3. The Kier molecular flexibility index (Phi) is 6.27. The molecule has 2 heterocycles. The number of carbonyl (C=O) groups excluding carboxylic acids is 2.